The Morgan fingerprint density at radius 1 is 1.50 bits per heavy atom. The van der Waals surface area contributed by atoms with Crippen LogP contribution in [-0.4, -0.2) is 14.6 Å². The summed E-state index contributed by atoms with van der Waals surface area (Å²) in [5.74, 6) is 0.345. The molecule has 2 aromatic heterocycles. The zero-order chi connectivity index (χ0) is 8.39. The maximum Gasteiger partial charge on any atom is 0.152 e. The van der Waals surface area contributed by atoms with Crippen LogP contribution in [0, 0.1) is 0 Å². The first kappa shape index (κ1) is 6.63. The van der Waals surface area contributed by atoms with Gasteiger partial charge >= 0.3 is 0 Å². The monoisotopic (exact) mass is 160 g/mol. The van der Waals surface area contributed by atoms with E-state index in [-0.39, 0.29) is 0 Å². The number of rotatable bonds is 1. The van der Waals surface area contributed by atoms with E-state index >= 15 is 0 Å². The third kappa shape index (κ3) is 0.869. The highest BCUT2D eigenvalue weighted by Gasteiger charge is 1.98. The average molecular weight is 160 g/mol. The topological polar surface area (TPSA) is 79.0 Å². The van der Waals surface area contributed by atoms with E-state index in [1.807, 2.05) is 0 Å². The van der Waals surface area contributed by atoms with Crippen molar-refractivity contribution in [1.82, 2.24) is 14.6 Å². The van der Waals surface area contributed by atoms with Crippen molar-refractivity contribution in [3.63, 3.8) is 0 Å². The molecule has 2 rings (SSSR count). The van der Waals surface area contributed by atoms with Gasteiger partial charge in [0.05, 0.1) is 11.7 Å². The Hall–Kier alpha value is -2.07. The zero-order valence-corrected chi connectivity index (χ0v) is 5.99. The summed E-state index contributed by atoms with van der Waals surface area (Å²) in [6.07, 6.45) is 4.84. The molecule has 0 aliphatic carbocycles. The third-order valence-corrected chi connectivity index (χ3v) is 1.44. The minimum atomic E-state index is 0.345. The van der Waals surface area contributed by atoms with Gasteiger partial charge in [-0.2, -0.15) is 5.10 Å². The molecule has 0 N–H and O–H groups in total. The molecule has 0 saturated carbocycles. The number of fused-ring (bicyclic) bond motifs is 1. The first-order valence-corrected chi connectivity index (χ1v) is 3.25. The highest BCUT2D eigenvalue weighted by molar-refractivity contribution is 5.63. The van der Waals surface area contributed by atoms with Crippen molar-refractivity contribution < 1.29 is 0 Å². The molecule has 0 spiro atoms. The van der Waals surface area contributed by atoms with E-state index in [1.54, 1.807) is 23.0 Å². The lowest BCUT2D eigenvalue weighted by Crippen LogP contribution is -1.86. The molecule has 0 amide bonds. The Labute approximate surface area is 67.1 Å². The van der Waals surface area contributed by atoms with Crippen molar-refractivity contribution in [2.75, 3.05) is 0 Å². The molecule has 0 aliphatic rings. The maximum absolute atomic E-state index is 8.21. The molecule has 58 valence electrons. The molecule has 0 aromatic carbocycles. The van der Waals surface area contributed by atoms with E-state index in [1.165, 1.54) is 6.20 Å². The van der Waals surface area contributed by atoms with E-state index in [0.29, 0.717) is 11.3 Å². The molecule has 6 nitrogen and oxygen atoms in total. The van der Waals surface area contributed by atoms with Gasteiger partial charge in [0, 0.05) is 17.3 Å². The summed E-state index contributed by atoms with van der Waals surface area (Å²) < 4.78 is 1.59. The molecular formula is C6H4N6. The van der Waals surface area contributed by atoms with Gasteiger partial charge in [-0.25, -0.2) is 4.52 Å². The van der Waals surface area contributed by atoms with E-state index in [0.717, 1.165) is 0 Å². The van der Waals surface area contributed by atoms with Crippen molar-refractivity contribution in [3.8, 4) is 0 Å². The Morgan fingerprint density at radius 2 is 2.42 bits per heavy atom. The van der Waals surface area contributed by atoms with Crippen molar-refractivity contribution in [3.05, 3.63) is 35.1 Å². The van der Waals surface area contributed by atoms with Gasteiger partial charge in [0.15, 0.2) is 5.82 Å². The molecule has 2 aromatic rings. The second-order valence-corrected chi connectivity index (χ2v) is 2.10. The van der Waals surface area contributed by atoms with Gasteiger partial charge in [0.2, 0.25) is 0 Å². The molecule has 0 saturated heterocycles. The Kier molecular flexibility index (Phi) is 1.39. The molecule has 0 aliphatic heterocycles. The van der Waals surface area contributed by atoms with Crippen LogP contribution in [-0.2, 0) is 0 Å². The third-order valence-electron chi connectivity index (χ3n) is 1.44. The maximum atomic E-state index is 8.21. The van der Waals surface area contributed by atoms with Crippen LogP contribution in [0.1, 0.15) is 0 Å². The Bertz CT molecular complexity index is 452. The molecule has 2 heterocycles. The summed E-state index contributed by atoms with van der Waals surface area (Å²) in [5, 5.41) is 7.37. The van der Waals surface area contributed by atoms with Gasteiger partial charge < -0.3 is 0 Å². The highest BCUT2D eigenvalue weighted by Crippen LogP contribution is 2.15. The van der Waals surface area contributed by atoms with E-state index in [2.05, 4.69) is 20.1 Å². The molecule has 6 heteroatoms. The Balaban J connectivity index is 2.81. The number of aromatic nitrogens is 3. The Morgan fingerprint density at radius 3 is 3.25 bits per heavy atom. The lowest BCUT2D eigenvalue weighted by atomic mass is 10.5. The summed E-state index contributed by atoms with van der Waals surface area (Å²) in [5.41, 5.74) is 8.91. The second kappa shape index (κ2) is 2.52. The van der Waals surface area contributed by atoms with Gasteiger partial charge in [0.25, 0.3) is 0 Å². The SMILES string of the molecule is [N-]=[N+]=Nc1nccn2nccc12. The van der Waals surface area contributed by atoms with E-state index in [4.69, 9.17) is 5.53 Å². The standard InChI is InChI=1S/C6H4N6/c7-11-10-6-5-1-2-9-12(5)4-3-8-6/h1-4H. The number of hydrogen-bond donors (Lipinski definition) is 0. The average Bonchev–Trinajstić information content (AvgIpc) is 2.53. The van der Waals surface area contributed by atoms with Crippen molar-refractivity contribution >= 4 is 11.3 Å². The predicted octanol–water partition coefficient (Wildman–Crippen LogP) is 1.67. The van der Waals surface area contributed by atoms with Gasteiger partial charge in [-0.05, 0) is 16.7 Å². The van der Waals surface area contributed by atoms with Gasteiger partial charge in [-0.3, -0.25) is 4.98 Å². The van der Waals surface area contributed by atoms with Gasteiger partial charge in [-0.15, -0.1) is 0 Å². The summed E-state index contributed by atoms with van der Waals surface area (Å²) in [6.45, 7) is 0. The lowest BCUT2D eigenvalue weighted by molar-refractivity contribution is 0.945. The minimum Gasteiger partial charge on any atom is -0.251 e. The number of hydrogen-bond acceptors (Lipinski definition) is 3. The summed E-state index contributed by atoms with van der Waals surface area (Å²) in [4.78, 5) is 6.54. The van der Waals surface area contributed by atoms with Gasteiger partial charge in [0.1, 0.15) is 0 Å². The number of azide groups is 1. The van der Waals surface area contributed by atoms with E-state index in [9.17, 15) is 0 Å². The molecule has 0 bridgehead atoms. The normalized spacial score (nSPS) is 9.67. The molecule has 0 unspecified atom stereocenters. The van der Waals surface area contributed by atoms with Crippen LogP contribution >= 0.6 is 0 Å². The van der Waals surface area contributed by atoms with Crippen LogP contribution in [0.15, 0.2) is 29.8 Å². The summed E-state index contributed by atoms with van der Waals surface area (Å²) in [6, 6.07) is 1.73. The fourth-order valence-electron chi connectivity index (χ4n) is 0.963. The summed E-state index contributed by atoms with van der Waals surface area (Å²) >= 11 is 0. The van der Waals surface area contributed by atoms with Crippen molar-refractivity contribution in [2.24, 2.45) is 5.11 Å². The van der Waals surface area contributed by atoms with Crippen LogP contribution in [0.25, 0.3) is 16.0 Å². The molecule has 0 fully saturated rings. The highest BCUT2D eigenvalue weighted by atomic mass is 15.2. The molecule has 0 atom stereocenters. The van der Waals surface area contributed by atoms with Crippen LogP contribution < -0.4 is 0 Å². The summed E-state index contributed by atoms with van der Waals surface area (Å²) in [7, 11) is 0. The molecular weight excluding hydrogens is 156 g/mol. The van der Waals surface area contributed by atoms with Crippen LogP contribution in [0.3, 0.4) is 0 Å². The van der Waals surface area contributed by atoms with Crippen molar-refractivity contribution in [1.29, 1.82) is 0 Å². The smallest absolute Gasteiger partial charge is 0.152 e. The fraction of sp³-hybridized carbons (Fsp3) is 0. The van der Waals surface area contributed by atoms with Crippen LogP contribution in [0.2, 0.25) is 0 Å². The van der Waals surface area contributed by atoms with Crippen molar-refractivity contribution in [2.45, 2.75) is 0 Å². The first-order valence-electron chi connectivity index (χ1n) is 3.25. The molecule has 12 heavy (non-hydrogen) atoms. The molecule has 0 radical (unpaired) electrons. The quantitative estimate of drug-likeness (QED) is 0.361. The minimum absolute atomic E-state index is 0.345. The number of nitrogens with zero attached hydrogens (tertiary/aromatic N) is 6. The zero-order valence-electron chi connectivity index (χ0n) is 5.99. The first-order chi connectivity index (χ1) is 5.92. The van der Waals surface area contributed by atoms with Crippen LogP contribution in [0.5, 0.6) is 0 Å². The van der Waals surface area contributed by atoms with Gasteiger partial charge in [-0.1, -0.05) is 0 Å². The lowest BCUT2D eigenvalue weighted by Gasteiger charge is -1.93. The second-order valence-electron chi connectivity index (χ2n) is 2.10. The van der Waals surface area contributed by atoms with E-state index < -0.39 is 0 Å². The fourth-order valence-corrected chi connectivity index (χ4v) is 0.963. The van der Waals surface area contributed by atoms with Crippen LogP contribution in [0.4, 0.5) is 5.82 Å². The predicted molar refractivity (Wildman–Crippen MR) is 41.8 cm³/mol. The largest absolute Gasteiger partial charge is 0.251 e.